The predicted molar refractivity (Wildman–Crippen MR) is 98.8 cm³/mol. The molecule has 2 aromatic carbocycles. The summed E-state index contributed by atoms with van der Waals surface area (Å²) in [6.07, 6.45) is 0. The number of carbonyl (C=O) groups excluding carboxylic acids is 1. The number of fused-ring (bicyclic) bond motifs is 2. The summed E-state index contributed by atoms with van der Waals surface area (Å²) < 4.78 is 5.50. The summed E-state index contributed by atoms with van der Waals surface area (Å²) in [7, 11) is 0. The van der Waals surface area contributed by atoms with E-state index in [1.807, 2.05) is 18.2 Å². The van der Waals surface area contributed by atoms with Crippen molar-refractivity contribution in [3.63, 3.8) is 0 Å². The topological polar surface area (TPSA) is 103 Å². The number of rotatable bonds is 2. The second kappa shape index (κ2) is 5.91. The van der Waals surface area contributed by atoms with Crippen LogP contribution in [0.1, 0.15) is 10.6 Å². The molecule has 0 atom stereocenters. The molecule has 0 fully saturated rings. The first-order valence-electron chi connectivity index (χ1n) is 7.41. The molecule has 2 aromatic heterocycles. The number of thiocarbonyl (C=S) groups is 1. The van der Waals surface area contributed by atoms with Crippen molar-refractivity contribution in [2.24, 2.45) is 0 Å². The van der Waals surface area contributed by atoms with Gasteiger partial charge in [0.15, 0.2) is 10.9 Å². The fourth-order valence-corrected chi connectivity index (χ4v) is 2.74. The van der Waals surface area contributed by atoms with E-state index in [1.54, 1.807) is 30.3 Å². The Morgan fingerprint density at radius 3 is 2.68 bits per heavy atom. The molecule has 7 nitrogen and oxygen atoms in total. The lowest BCUT2D eigenvalue weighted by atomic mass is 10.2. The van der Waals surface area contributed by atoms with E-state index in [1.165, 1.54) is 0 Å². The quantitative estimate of drug-likeness (QED) is 0.415. The second-order valence-corrected chi connectivity index (χ2v) is 5.80. The number of hydrogen-bond donors (Lipinski definition) is 4. The summed E-state index contributed by atoms with van der Waals surface area (Å²) in [6.45, 7) is 0. The first-order valence-corrected chi connectivity index (χ1v) is 7.82. The summed E-state index contributed by atoms with van der Waals surface area (Å²) >= 11 is 5.16. The monoisotopic (exact) mass is 352 g/mol. The summed E-state index contributed by atoms with van der Waals surface area (Å²) in [6, 6.07) is 14.2. The zero-order valence-corrected chi connectivity index (χ0v) is 13.6. The molecule has 0 saturated heterocycles. The van der Waals surface area contributed by atoms with Crippen molar-refractivity contribution in [1.82, 2.24) is 15.3 Å². The smallest absolute Gasteiger partial charge is 0.323 e. The number of anilines is 1. The van der Waals surface area contributed by atoms with Crippen LogP contribution in [0.5, 0.6) is 0 Å². The van der Waals surface area contributed by atoms with Gasteiger partial charge >= 0.3 is 5.69 Å². The van der Waals surface area contributed by atoms with Crippen molar-refractivity contribution in [1.29, 1.82) is 0 Å². The molecule has 0 aliphatic rings. The van der Waals surface area contributed by atoms with Gasteiger partial charge in [0.25, 0.3) is 5.91 Å². The van der Waals surface area contributed by atoms with Gasteiger partial charge in [-0.15, -0.1) is 0 Å². The lowest BCUT2D eigenvalue weighted by molar-refractivity contribution is 0.0953. The Bertz CT molecular complexity index is 1140. The van der Waals surface area contributed by atoms with E-state index in [0.717, 1.165) is 5.39 Å². The van der Waals surface area contributed by atoms with Crippen molar-refractivity contribution in [3.05, 3.63) is 64.8 Å². The predicted octanol–water partition coefficient (Wildman–Crippen LogP) is 2.73. The van der Waals surface area contributed by atoms with Gasteiger partial charge in [0.2, 0.25) is 0 Å². The van der Waals surface area contributed by atoms with Crippen LogP contribution in [0, 0.1) is 0 Å². The molecule has 0 radical (unpaired) electrons. The molecule has 8 heteroatoms. The van der Waals surface area contributed by atoms with Gasteiger partial charge in [-0.05, 0) is 42.5 Å². The maximum Gasteiger partial charge on any atom is 0.323 e. The van der Waals surface area contributed by atoms with Gasteiger partial charge in [0.05, 0.1) is 11.0 Å². The Morgan fingerprint density at radius 1 is 1.04 bits per heavy atom. The average Bonchev–Trinajstić information content (AvgIpc) is 3.16. The first kappa shape index (κ1) is 15.2. The van der Waals surface area contributed by atoms with Gasteiger partial charge in [-0.1, -0.05) is 18.2 Å². The van der Waals surface area contributed by atoms with Crippen LogP contribution < -0.4 is 16.3 Å². The van der Waals surface area contributed by atoms with E-state index in [-0.39, 0.29) is 16.6 Å². The second-order valence-electron chi connectivity index (χ2n) is 5.40. The number of para-hydroxylation sites is 1. The lowest BCUT2D eigenvalue weighted by Gasteiger charge is -2.08. The molecular formula is C17H12N4O3S. The molecule has 0 aliphatic heterocycles. The number of benzene rings is 2. The van der Waals surface area contributed by atoms with Crippen LogP contribution >= 0.6 is 12.2 Å². The van der Waals surface area contributed by atoms with Crippen molar-refractivity contribution in [2.75, 3.05) is 5.32 Å². The van der Waals surface area contributed by atoms with Crippen molar-refractivity contribution in [2.45, 2.75) is 0 Å². The molecule has 0 spiro atoms. The van der Waals surface area contributed by atoms with Gasteiger partial charge in [-0.3, -0.25) is 10.1 Å². The van der Waals surface area contributed by atoms with E-state index in [9.17, 15) is 9.59 Å². The number of aromatic nitrogens is 2. The van der Waals surface area contributed by atoms with Crippen molar-refractivity contribution < 1.29 is 9.21 Å². The molecule has 0 saturated carbocycles. The zero-order chi connectivity index (χ0) is 17.4. The molecule has 1 amide bonds. The number of carbonyl (C=O) groups is 1. The van der Waals surface area contributed by atoms with Crippen LogP contribution in [-0.2, 0) is 0 Å². The summed E-state index contributed by atoms with van der Waals surface area (Å²) in [5, 5.41) is 6.44. The Hall–Kier alpha value is -3.39. The molecule has 0 bridgehead atoms. The van der Waals surface area contributed by atoms with Gasteiger partial charge in [0.1, 0.15) is 5.58 Å². The summed E-state index contributed by atoms with van der Waals surface area (Å²) in [5.41, 5.74) is 2.31. The molecule has 25 heavy (non-hydrogen) atoms. The number of furan rings is 1. The van der Waals surface area contributed by atoms with Crippen LogP contribution in [0.4, 0.5) is 5.69 Å². The van der Waals surface area contributed by atoms with Crippen LogP contribution in [0.15, 0.2) is 57.7 Å². The summed E-state index contributed by atoms with van der Waals surface area (Å²) in [4.78, 5) is 28.8. The number of H-pyrrole nitrogens is 2. The highest BCUT2D eigenvalue weighted by Crippen LogP contribution is 2.19. The molecule has 4 rings (SSSR count). The minimum Gasteiger partial charge on any atom is -0.451 e. The van der Waals surface area contributed by atoms with Gasteiger partial charge < -0.3 is 19.7 Å². The van der Waals surface area contributed by atoms with E-state index < -0.39 is 5.91 Å². The third-order valence-corrected chi connectivity index (χ3v) is 3.85. The fourth-order valence-electron chi connectivity index (χ4n) is 2.53. The maximum atomic E-state index is 12.2. The molecule has 4 aromatic rings. The highest BCUT2D eigenvalue weighted by molar-refractivity contribution is 7.80. The van der Waals surface area contributed by atoms with Gasteiger partial charge in [-0.2, -0.15) is 0 Å². The fraction of sp³-hybridized carbons (Fsp3) is 0. The summed E-state index contributed by atoms with van der Waals surface area (Å²) in [5.74, 6) is -0.263. The standard InChI is InChI=1S/C17H12N4O3S/c22-15(14-7-9-3-1-2-4-13(9)24-14)21-17(25)18-10-5-6-11-12(8-10)20-16(23)19-11/h1-8H,(H2,19,20,23)(H2,18,21,22,25). The molecule has 0 unspecified atom stereocenters. The van der Waals surface area contributed by atoms with E-state index in [4.69, 9.17) is 16.6 Å². The van der Waals surface area contributed by atoms with Gasteiger partial charge in [-0.25, -0.2) is 4.79 Å². The third-order valence-electron chi connectivity index (χ3n) is 3.65. The minimum absolute atomic E-state index is 0.127. The maximum absolute atomic E-state index is 12.2. The number of nitrogens with one attached hydrogen (secondary N) is 4. The number of aromatic amines is 2. The number of amides is 1. The van der Waals surface area contributed by atoms with Gasteiger partial charge in [0, 0.05) is 11.1 Å². The number of hydrogen-bond acceptors (Lipinski definition) is 4. The van der Waals surface area contributed by atoms with E-state index in [2.05, 4.69) is 20.6 Å². The third kappa shape index (κ3) is 3.02. The highest BCUT2D eigenvalue weighted by Gasteiger charge is 2.13. The van der Waals surface area contributed by atoms with Crippen molar-refractivity contribution >= 4 is 50.9 Å². The van der Waals surface area contributed by atoms with Crippen molar-refractivity contribution in [3.8, 4) is 0 Å². The van der Waals surface area contributed by atoms with Crippen LogP contribution in [-0.4, -0.2) is 21.0 Å². The average molecular weight is 352 g/mol. The largest absolute Gasteiger partial charge is 0.451 e. The van der Waals surface area contributed by atoms with Crippen LogP contribution in [0.3, 0.4) is 0 Å². The first-order chi connectivity index (χ1) is 12.1. The van der Waals surface area contributed by atoms with Crippen LogP contribution in [0.2, 0.25) is 0 Å². The SMILES string of the molecule is O=C(NC(=S)Nc1ccc2[nH]c(=O)[nH]c2c1)c1cc2ccccc2o1. The zero-order valence-electron chi connectivity index (χ0n) is 12.8. The Morgan fingerprint density at radius 2 is 1.84 bits per heavy atom. The molecule has 2 heterocycles. The normalized spacial score (nSPS) is 10.9. The molecular weight excluding hydrogens is 340 g/mol. The minimum atomic E-state index is -0.440. The Kier molecular flexibility index (Phi) is 3.58. The molecule has 0 aliphatic carbocycles. The van der Waals surface area contributed by atoms with Crippen LogP contribution in [0.25, 0.3) is 22.0 Å². The Labute approximate surface area is 146 Å². The lowest BCUT2D eigenvalue weighted by Crippen LogP contribution is -2.33. The molecule has 4 N–H and O–H groups in total. The molecule has 124 valence electrons. The highest BCUT2D eigenvalue weighted by atomic mass is 32.1. The number of imidazole rings is 1. The van der Waals surface area contributed by atoms with E-state index in [0.29, 0.717) is 22.3 Å². The Balaban J connectivity index is 1.48. The van der Waals surface area contributed by atoms with E-state index >= 15 is 0 Å².